The van der Waals surface area contributed by atoms with Gasteiger partial charge in [-0.2, -0.15) is 0 Å². The van der Waals surface area contributed by atoms with E-state index in [-0.39, 0.29) is 24.3 Å². The van der Waals surface area contributed by atoms with Crippen molar-refractivity contribution in [3.63, 3.8) is 0 Å². The van der Waals surface area contributed by atoms with E-state index in [1.54, 1.807) is 24.3 Å². The molecular formula is C25H25ClN2O2. The maximum atomic E-state index is 12.9. The van der Waals surface area contributed by atoms with Crippen molar-refractivity contribution >= 4 is 23.4 Å². The molecule has 30 heavy (non-hydrogen) atoms. The number of benzene rings is 3. The first-order valence-electron chi connectivity index (χ1n) is 9.98. The molecule has 2 amide bonds. The lowest BCUT2D eigenvalue weighted by Gasteiger charge is -2.27. The van der Waals surface area contributed by atoms with E-state index < -0.39 is 0 Å². The number of carbonyl (C=O) groups excluding carboxylic acids is 2. The summed E-state index contributed by atoms with van der Waals surface area (Å²) in [4.78, 5) is 25.4. The third-order valence-electron chi connectivity index (χ3n) is 4.83. The predicted molar refractivity (Wildman–Crippen MR) is 121 cm³/mol. The van der Waals surface area contributed by atoms with Crippen LogP contribution in [-0.4, -0.2) is 22.9 Å². The molecule has 0 aliphatic carbocycles. The lowest BCUT2D eigenvalue weighted by Crippen LogP contribution is -2.50. The summed E-state index contributed by atoms with van der Waals surface area (Å²) >= 11 is 6.38. The molecule has 0 radical (unpaired) electrons. The Morgan fingerprint density at radius 1 is 0.867 bits per heavy atom. The van der Waals surface area contributed by atoms with Crippen molar-refractivity contribution in [3.8, 4) is 11.1 Å². The summed E-state index contributed by atoms with van der Waals surface area (Å²) in [7, 11) is 0. The summed E-state index contributed by atoms with van der Waals surface area (Å²) in [5.41, 5.74) is 6.26. The molecule has 5 heteroatoms. The molecule has 1 N–H and O–H groups in total. The second-order valence-corrected chi connectivity index (χ2v) is 7.71. The van der Waals surface area contributed by atoms with E-state index in [1.807, 2.05) is 68.4 Å². The van der Waals surface area contributed by atoms with E-state index in [0.717, 1.165) is 16.7 Å². The van der Waals surface area contributed by atoms with Gasteiger partial charge in [0.15, 0.2) is 0 Å². The highest BCUT2D eigenvalue weighted by atomic mass is 35.5. The SMILES string of the molecule is CC(C)N(NC(=O)c1ccccc1)C(=O)CCc1ccccc1-c1ccccc1Cl. The Morgan fingerprint density at radius 2 is 1.47 bits per heavy atom. The van der Waals surface area contributed by atoms with Crippen LogP contribution >= 0.6 is 11.6 Å². The van der Waals surface area contributed by atoms with Crippen molar-refractivity contribution in [2.75, 3.05) is 0 Å². The van der Waals surface area contributed by atoms with Gasteiger partial charge in [0, 0.05) is 28.6 Å². The Balaban J connectivity index is 1.72. The molecule has 154 valence electrons. The van der Waals surface area contributed by atoms with Gasteiger partial charge in [0.05, 0.1) is 0 Å². The van der Waals surface area contributed by atoms with Gasteiger partial charge >= 0.3 is 0 Å². The van der Waals surface area contributed by atoms with Gasteiger partial charge in [-0.25, -0.2) is 0 Å². The lowest BCUT2D eigenvalue weighted by atomic mass is 9.96. The zero-order chi connectivity index (χ0) is 21.5. The summed E-state index contributed by atoms with van der Waals surface area (Å²) in [6.45, 7) is 3.75. The van der Waals surface area contributed by atoms with Crippen LogP contribution < -0.4 is 5.43 Å². The van der Waals surface area contributed by atoms with E-state index in [4.69, 9.17) is 11.6 Å². The van der Waals surface area contributed by atoms with Crippen LogP contribution in [0.4, 0.5) is 0 Å². The second kappa shape index (κ2) is 10.1. The molecule has 0 aliphatic heterocycles. The van der Waals surface area contributed by atoms with Crippen LogP contribution in [0.2, 0.25) is 5.02 Å². The molecule has 3 aromatic carbocycles. The molecule has 0 atom stereocenters. The van der Waals surface area contributed by atoms with Crippen molar-refractivity contribution in [2.24, 2.45) is 0 Å². The van der Waals surface area contributed by atoms with Gasteiger partial charge in [-0.05, 0) is 49.6 Å². The molecule has 0 heterocycles. The lowest BCUT2D eigenvalue weighted by molar-refractivity contribution is -0.135. The Kier molecular flexibility index (Phi) is 7.26. The maximum absolute atomic E-state index is 12.9. The minimum Gasteiger partial charge on any atom is -0.273 e. The number of nitrogens with zero attached hydrogens (tertiary/aromatic N) is 1. The number of carbonyl (C=O) groups is 2. The van der Waals surface area contributed by atoms with Gasteiger partial charge < -0.3 is 0 Å². The number of hydrogen-bond donors (Lipinski definition) is 1. The molecule has 0 saturated heterocycles. The summed E-state index contributed by atoms with van der Waals surface area (Å²) in [5, 5.41) is 2.09. The normalized spacial score (nSPS) is 10.7. The Hall–Kier alpha value is -3.11. The average molecular weight is 421 g/mol. The Labute approximate surface area is 182 Å². The van der Waals surface area contributed by atoms with Crippen LogP contribution in [0.15, 0.2) is 78.9 Å². The van der Waals surface area contributed by atoms with Crippen molar-refractivity contribution in [2.45, 2.75) is 32.7 Å². The quantitative estimate of drug-likeness (QED) is 0.533. The Morgan fingerprint density at radius 3 is 2.13 bits per heavy atom. The third kappa shape index (κ3) is 5.28. The van der Waals surface area contributed by atoms with Crippen LogP contribution in [0, 0.1) is 0 Å². The summed E-state index contributed by atoms with van der Waals surface area (Å²) in [5.74, 6) is -0.433. The summed E-state index contributed by atoms with van der Waals surface area (Å²) in [6, 6.07) is 24.3. The fourth-order valence-corrected chi connectivity index (χ4v) is 3.52. The maximum Gasteiger partial charge on any atom is 0.269 e. The van der Waals surface area contributed by atoms with Crippen molar-refractivity contribution in [1.29, 1.82) is 0 Å². The summed E-state index contributed by atoms with van der Waals surface area (Å²) < 4.78 is 0. The number of rotatable bonds is 6. The van der Waals surface area contributed by atoms with Crippen LogP contribution in [-0.2, 0) is 11.2 Å². The topological polar surface area (TPSA) is 49.4 Å². The molecule has 3 rings (SSSR count). The highest BCUT2D eigenvalue weighted by Gasteiger charge is 2.20. The highest BCUT2D eigenvalue weighted by molar-refractivity contribution is 6.33. The molecule has 3 aromatic rings. The van der Waals surface area contributed by atoms with Crippen LogP contribution in [0.5, 0.6) is 0 Å². The van der Waals surface area contributed by atoms with Crippen LogP contribution in [0.25, 0.3) is 11.1 Å². The molecule has 0 spiro atoms. The van der Waals surface area contributed by atoms with Gasteiger partial charge in [-0.3, -0.25) is 20.0 Å². The van der Waals surface area contributed by atoms with Gasteiger partial charge in [0.2, 0.25) is 5.91 Å². The third-order valence-corrected chi connectivity index (χ3v) is 5.16. The largest absolute Gasteiger partial charge is 0.273 e. The van der Waals surface area contributed by atoms with Crippen LogP contribution in [0.1, 0.15) is 36.2 Å². The Bertz CT molecular complexity index is 1020. The smallest absolute Gasteiger partial charge is 0.269 e. The number of halogens is 1. The monoisotopic (exact) mass is 420 g/mol. The fraction of sp³-hybridized carbons (Fsp3) is 0.200. The average Bonchev–Trinajstić information content (AvgIpc) is 2.76. The molecule has 4 nitrogen and oxygen atoms in total. The summed E-state index contributed by atoms with van der Waals surface area (Å²) in [6.07, 6.45) is 0.819. The van der Waals surface area contributed by atoms with Gasteiger partial charge in [0.25, 0.3) is 5.91 Å². The second-order valence-electron chi connectivity index (χ2n) is 7.30. The van der Waals surface area contributed by atoms with E-state index in [9.17, 15) is 9.59 Å². The first-order chi connectivity index (χ1) is 14.5. The minimum atomic E-state index is -0.297. The highest BCUT2D eigenvalue weighted by Crippen LogP contribution is 2.30. The zero-order valence-corrected chi connectivity index (χ0v) is 17.9. The van der Waals surface area contributed by atoms with Crippen molar-refractivity contribution in [3.05, 3.63) is 95.0 Å². The molecular weight excluding hydrogens is 396 g/mol. The minimum absolute atomic E-state index is 0.136. The number of aryl methyl sites for hydroxylation is 1. The van der Waals surface area contributed by atoms with E-state index in [2.05, 4.69) is 5.43 Å². The fourth-order valence-electron chi connectivity index (χ4n) is 3.29. The van der Waals surface area contributed by atoms with Gasteiger partial charge in [0.1, 0.15) is 0 Å². The number of hydrogen-bond acceptors (Lipinski definition) is 2. The molecule has 0 bridgehead atoms. The van der Waals surface area contributed by atoms with Crippen molar-refractivity contribution < 1.29 is 9.59 Å². The first-order valence-corrected chi connectivity index (χ1v) is 10.4. The molecule has 0 saturated carbocycles. The standard InChI is InChI=1S/C25H25ClN2O2/c1-18(2)28(27-25(30)20-11-4-3-5-12-20)24(29)17-16-19-10-6-7-13-21(19)22-14-8-9-15-23(22)26/h3-15,18H,16-17H2,1-2H3,(H,27,30). The van der Waals surface area contributed by atoms with Crippen molar-refractivity contribution in [1.82, 2.24) is 10.4 Å². The van der Waals surface area contributed by atoms with Crippen LogP contribution in [0.3, 0.4) is 0 Å². The molecule has 0 unspecified atom stereocenters. The molecule has 0 fully saturated rings. The van der Waals surface area contributed by atoms with E-state index in [0.29, 0.717) is 17.0 Å². The number of nitrogens with one attached hydrogen (secondary N) is 1. The van der Waals surface area contributed by atoms with Gasteiger partial charge in [-0.15, -0.1) is 0 Å². The first kappa shape index (κ1) is 21.6. The molecule has 0 aliphatic rings. The van der Waals surface area contributed by atoms with E-state index >= 15 is 0 Å². The number of amides is 2. The van der Waals surface area contributed by atoms with Gasteiger partial charge in [-0.1, -0.05) is 72.3 Å². The predicted octanol–water partition coefficient (Wildman–Crippen LogP) is 5.52. The molecule has 0 aromatic heterocycles. The number of hydrazine groups is 1. The zero-order valence-electron chi connectivity index (χ0n) is 17.1. The van der Waals surface area contributed by atoms with E-state index in [1.165, 1.54) is 5.01 Å².